The first kappa shape index (κ1) is 25.7. The summed E-state index contributed by atoms with van der Waals surface area (Å²) in [6.07, 6.45) is 9.64. The minimum atomic E-state index is -3.50. The zero-order chi connectivity index (χ0) is 25.6. The fraction of sp³-hybridized carbons (Fsp3) is 0.846. The fourth-order valence-corrected chi connectivity index (χ4v) is 9.05. The standard InChI is InChI=1S/C26H42N6O4S/c1-29(14-15-30-10-2-3-11-30)21-8-12-31(13-9-21)37(34,35)32-22-6-7-23(32)17-20(16-22)27-26(33)24-18-25(36-28-24)19-4-5-19/h18-23H,2-17H2,1H3,(H,27,33)/t20?,22-,23+. The lowest BCUT2D eigenvalue weighted by Gasteiger charge is -2.43. The number of hydrogen-bond acceptors (Lipinski definition) is 7. The molecular formula is C26H42N6O4S. The lowest BCUT2D eigenvalue weighted by molar-refractivity contribution is 0.0896. The molecule has 5 heterocycles. The van der Waals surface area contributed by atoms with Crippen LogP contribution in [-0.4, -0.2) is 108 Å². The highest BCUT2D eigenvalue weighted by atomic mass is 32.2. The predicted octanol–water partition coefficient (Wildman–Crippen LogP) is 2.01. The Morgan fingerprint density at radius 2 is 1.73 bits per heavy atom. The van der Waals surface area contributed by atoms with Gasteiger partial charge >= 0.3 is 0 Å². The van der Waals surface area contributed by atoms with Crippen molar-refractivity contribution < 1.29 is 17.7 Å². The maximum absolute atomic E-state index is 13.7. The van der Waals surface area contributed by atoms with Crippen molar-refractivity contribution >= 4 is 16.1 Å². The molecule has 10 nitrogen and oxygen atoms in total. The molecule has 1 aromatic heterocycles. The van der Waals surface area contributed by atoms with Crippen molar-refractivity contribution in [2.24, 2.45) is 0 Å². The predicted molar refractivity (Wildman–Crippen MR) is 139 cm³/mol. The number of amides is 1. The Balaban J connectivity index is 1.00. The summed E-state index contributed by atoms with van der Waals surface area (Å²) in [5.74, 6) is 0.999. The van der Waals surface area contributed by atoms with Gasteiger partial charge in [0.1, 0.15) is 5.76 Å². The molecule has 1 amide bonds. The fourth-order valence-electron chi connectivity index (χ4n) is 6.98. The minimum absolute atomic E-state index is 0.0347. The molecule has 5 aliphatic rings. The summed E-state index contributed by atoms with van der Waals surface area (Å²) in [5, 5.41) is 7.06. The molecule has 3 atom stereocenters. The molecule has 0 spiro atoms. The van der Waals surface area contributed by atoms with E-state index in [1.54, 1.807) is 14.7 Å². The molecule has 0 radical (unpaired) electrons. The zero-order valence-electron chi connectivity index (χ0n) is 22.1. The van der Waals surface area contributed by atoms with Gasteiger partial charge in [0.25, 0.3) is 16.1 Å². The third kappa shape index (κ3) is 5.48. The van der Waals surface area contributed by atoms with Crippen molar-refractivity contribution in [3.8, 4) is 0 Å². The molecule has 4 aliphatic heterocycles. The van der Waals surface area contributed by atoms with E-state index in [0.29, 0.717) is 43.6 Å². The van der Waals surface area contributed by atoms with Crippen molar-refractivity contribution in [3.05, 3.63) is 17.5 Å². The van der Waals surface area contributed by atoms with Gasteiger partial charge in [-0.1, -0.05) is 5.16 Å². The number of rotatable bonds is 9. The quantitative estimate of drug-likeness (QED) is 0.517. The van der Waals surface area contributed by atoms with Crippen LogP contribution in [0.15, 0.2) is 10.6 Å². The van der Waals surface area contributed by atoms with Crippen LogP contribution >= 0.6 is 0 Å². The molecule has 37 heavy (non-hydrogen) atoms. The van der Waals surface area contributed by atoms with Crippen molar-refractivity contribution in [3.63, 3.8) is 0 Å². The van der Waals surface area contributed by atoms with E-state index in [1.807, 2.05) is 0 Å². The maximum Gasteiger partial charge on any atom is 0.282 e. The summed E-state index contributed by atoms with van der Waals surface area (Å²) in [6.45, 7) is 5.78. The highest BCUT2D eigenvalue weighted by molar-refractivity contribution is 7.86. The van der Waals surface area contributed by atoms with E-state index in [2.05, 4.69) is 27.3 Å². The third-order valence-electron chi connectivity index (χ3n) is 9.35. The van der Waals surface area contributed by atoms with Gasteiger partial charge < -0.3 is 19.6 Å². The second-order valence-electron chi connectivity index (χ2n) is 11.9. The molecule has 1 saturated carbocycles. The minimum Gasteiger partial charge on any atom is -0.360 e. The van der Waals surface area contributed by atoms with Crippen molar-refractivity contribution in [1.29, 1.82) is 0 Å². The normalized spacial score (nSPS) is 30.4. The first-order valence-corrected chi connectivity index (χ1v) is 15.8. The Morgan fingerprint density at radius 3 is 2.38 bits per heavy atom. The Kier molecular flexibility index (Phi) is 7.34. The Bertz CT molecular complexity index is 1050. The van der Waals surface area contributed by atoms with Crippen molar-refractivity contribution in [2.75, 3.05) is 46.3 Å². The summed E-state index contributed by atoms with van der Waals surface area (Å²) in [7, 11) is -1.31. The third-order valence-corrected chi connectivity index (χ3v) is 11.5. The number of carbonyl (C=O) groups excluding carboxylic acids is 1. The Morgan fingerprint density at radius 1 is 1.05 bits per heavy atom. The summed E-state index contributed by atoms with van der Waals surface area (Å²) < 4.78 is 36.3. The smallest absolute Gasteiger partial charge is 0.282 e. The average Bonchev–Trinajstić information content (AvgIpc) is 3.27. The Hall–Kier alpha value is -1.53. The number of aromatic nitrogens is 1. The highest BCUT2D eigenvalue weighted by Crippen LogP contribution is 2.41. The Labute approximate surface area is 220 Å². The van der Waals surface area contributed by atoms with E-state index in [0.717, 1.165) is 57.4 Å². The second kappa shape index (κ2) is 10.6. The first-order valence-electron chi connectivity index (χ1n) is 14.4. The lowest BCUT2D eigenvalue weighted by atomic mass is 9.99. The second-order valence-corrected chi connectivity index (χ2v) is 13.7. The van der Waals surface area contributed by atoms with E-state index in [4.69, 9.17) is 4.52 Å². The summed E-state index contributed by atoms with van der Waals surface area (Å²) in [4.78, 5) is 17.7. The molecule has 5 fully saturated rings. The number of fused-ring (bicyclic) bond motifs is 2. The number of carbonyl (C=O) groups is 1. The first-order chi connectivity index (χ1) is 17.9. The van der Waals surface area contributed by atoms with Gasteiger partial charge in [-0.25, -0.2) is 0 Å². The van der Waals surface area contributed by atoms with Crippen molar-refractivity contribution in [2.45, 2.75) is 94.3 Å². The molecule has 2 bridgehead atoms. The molecule has 1 N–H and O–H groups in total. The van der Waals surface area contributed by atoms with Gasteiger partial charge in [-0.2, -0.15) is 17.0 Å². The summed E-state index contributed by atoms with van der Waals surface area (Å²) >= 11 is 0. The van der Waals surface area contributed by atoms with Crippen LogP contribution in [0.5, 0.6) is 0 Å². The maximum atomic E-state index is 13.7. The molecule has 1 unspecified atom stereocenters. The number of nitrogens with one attached hydrogen (secondary N) is 1. The van der Waals surface area contributed by atoms with Crippen LogP contribution in [0.3, 0.4) is 0 Å². The van der Waals surface area contributed by atoms with E-state index < -0.39 is 10.2 Å². The van der Waals surface area contributed by atoms with Crippen LogP contribution in [0.2, 0.25) is 0 Å². The largest absolute Gasteiger partial charge is 0.360 e. The van der Waals surface area contributed by atoms with Gasteiger partial charge in [-0.15, -0.1) is 0 Å². The van der Waals surface area contributed by atoms with Gasteiger partial charge in [-0.05, 0) is 84.3 Å². The molecule has 206 valence electrons. The van der Waals surface area contributed by atoms with Crippen molar-refractivity contribution in [1.82, 2.24) is 28.9 Å². The van der Waals surface area contributed by atoms with Crippen LogP contribution in [0, 0.1) is 0 Å². The van der Waals surface area contributed by atoms with E-state index in [1.165, 1.54) is 25.9 Å². The van der Waals surface area contributed by atoms with Gasteiger partial charge in [0.2, 0.25) is 0 Å². The van der Waals surface area contributed by atoms with E-state index in [-0.39, 0.29) is 24.0 Å². The van der Waals surface area contributed by atoms with Gasteiger partial charge in [0.05, 0.1) is 0 Å². The molecular weight excluding hydrogens is 492 g/mol. The van der Waals surface area contributed by atoms with Gasteiger partial charge in [-0.3, -0.25) is 4.79 Å². The summed E-state index contributed by atoms with van der Waals surface area (Å²) in [6, 6.07) is 2.08. The highest BCUT2D eigenvalue weighted by Gasteiger charge is 2.49. The molecule has 11 heteroatoms. The van der Waals surface area contributed by atoms with Crippen LogP contribution in [0.1, 0.15) is 86.4 Å². The number of nitrogens with zero attached hydrogens (tertiary/aromatic N) is 5. The summed E-state index contributed by atoms with van der Waals surface area (Å²) in [5.41, 5.74) is 0.331. The van der Waals surface area contributed by atoms with Gasteiger partial charge in [0, 0.05) is 62.3 Å². The van der Waals surface area contributed by atoms with Crippen LogP contribution < -0.4 is 5.32 Å². The van der Waals surface area contributed by atoms with E-state index >= 15 is 0 Å². The average molecular weight is 535 g/mol. The molecule has 6 rings (SSSR count). The molecule has 1 aliphatic carbocycles. The SMILES string of the molecule is CN(CCN1CCCC1)C1CCN(S(=O)(=O)N2[C@@H]3CC[C@H]2CC(NC(=O)c2cc(C4CC4)on2)C3)CC1. The molecule has 0 aromatic carbocycles. The number of piperidine rings is 2. The number of hydrogen-bond donors (Lipinski definition) is 1. The van der Waals surface area contributed by atoms with Gasteiger partial charge in [0.15, 0.2) is 5.69 Å². The molecule has 4 saturated heterocycles. The lowest BCUT2D eigenvalue weighted by Crippen LogP contribution is -2.57. The number of likely N-dealkylation sites (N-methyl/N-ethyl adjacent to an activating group) is 1. The molecule has 1 aromatic rings. The topological polar surface area (TPSA) is 102 Å². The monoisotopic (exact) mass is 534 g/mol. The van der Waals surface area contributed by atoms with Crippen LogP contribution in [0.4, 0.5) is 0 Å². The van der Waals surface area contributed by atoms with Crippen LogP contribution in [0.25, 0.3) is 0 Å². The van der Waals surface area contributed by atoms with Crippen LogP contribution in [-0.2, 0) is 10.2 Å². The van der Waals surface area contributed by atoms with E-state index in [9.17, 15) is 13.2 Å². The zero-order valence-corrected chi connectivity index (χ0v) is 22.9. The number of likely N-dealkylation sites (tertiary alicyclic amines) is 1.